The van der Waals surface area contributed by atoms with E-state index in [-0.39, 0.29) is 0 Å². The smallest absolute Gasteiger partial charge is 0.0302 e. The molecule has 1 unspecified atom stereocenters. The van der Waals surface area contributed by atoms with E-state index < -0.39 is 0 Å². The van der Waals surface area contributed by atoms with Crippen molar-refractivity contribution in [3.8, 4) is 0 Å². The molecule has 0 radical (unpaired) electrons. The second-order valence-corrected chi connectivity index (χ2v) is 2.91. The molecule has 56 valence electrons. The fraction of sp³-hybridized carbons (Fsp3) is 0.556. The normalized spacial score (nSPS) is 32.5. The molecule has 0 bridgehead atoms. The Morgan fingerprint density at radius 2 is 2.20 bits per heavy atom. The van der Waals surface area contributed by atoms with E-state index in [9.17, 15) is 0 Å². The highest BCUT2D eigenvalue weighted by Gasteiger charge is 2.16. The van der Waals surface area contributed by atoms with Crippen LogP contribution in [0, 0.1) is 5.92 Å². The zero-order valence-electron chi connectivity index (χ0n) is 6.89. The van der Waals surface area contributed by atoms with Crippen molar-refractivity contribution in [3.63, 3.8) is 0 Å². The highest BCUT2D eigenvalue weighted by atomic mass is 14.9. The van der Waals surface area contributed by atoms with Gasteiger partial charge in [-0.15, -0.1) is 0 Å². The summed E-state index contributed by atoms with van der Waals surface area (Å²) in [5.41, 5.74) is 1.27. The third-order valence-corrected chi connectivity index (χ3v) is 1.97. The third-order valence-electron chi connectivity index (χ3n) is 1.97. The summed E-state index contributed by atoms with van der Waals surface area (Å²) in [5, 5.41) is 3.38. The van der Waals surface area contributed by atoms with E-state index in [1.807, 2.05) is 6.92 Å². The predicted octanol–water partition coefficient (Wildman–Crippen LogP) is 2.07. The molecule has 1 heterocycles. The van der Waals surface area contributed by atoms with Crippen molar-refractivity contribution in [2.45, 2.75) is 26.8 Å². The van der Waals surface area contributed by atoms with E-state index in [0.717, 1.165) is 0 Å². The Morgan fingerprint density at radius 1 is 1.50 bits per heavy atom. The Hall–Kier alpha value is -0.720. The molecule has 10 heavy (non-hydrogen) atoms. The van der Waals surface area contributed by atoms with Gasteiger partial charge in [0.2, 0.25) is 0 Å². The Labute approximate surface area is 62.8 Å². The monoisotopic (exact) mass is 137 g/mol. The van der Waals surface area contributed by atoms with Crippen molar-refractivity contribution >= 4 is 0 Å². The molecule has 0 fully saturated rings. The molecule has 1 aliphatic heterocycles. The Balaban J connectivity index is 2.58. The molecule has 0 amide bonds. The van der Waals surface area contributed by atoms with Gasteiger partial charge in [-0.3, -0.25) is 0 Å². The molecule has 0 spiro atoms. The summed E-state index contributed by atoms with van der Waals surface area (Å²) in [5.74, 6) is 0.672. The van der Waals surface area contributed by atoms with E-state index in [1.54, 1.807) is 0 Å². The van der Waals surface area contributed by atoms with Crippen molar-refractivity contribution in [3.05, 3.63) is 23.9 Å². The summed E-state index contributed by atoms with van der Waals surface area (Å²) < 4.78 is 0. The van der Waals surface area contributed by atoms with Crippen molar-refractivity contribution in [2.75, 3.05) is 0 Å². The van der Waals surface area contributed by atoms with Gasteiger partial charge in [0.05, 0.1) is 0 Å². The maximum atomic E-state index is 3.38. The first-order valence-electron chi connectivity index (χ1n) is 3.85. The number of rotatable bonds is 1. The van der Waals surface area contributed by atoms with Crippen LogP contribution in [0.1, 0.15) is 20.8 Å². The molecule has 1 rings (SSSR count). The fourth-order valence-corrected chi connectivity index (χ4v) is 1.15. The van der Waals surface area contributed by atoms with E-state index in [0.29, 0.717) is 12.0 Å². The Bertz CT molecular complexity index is 168. The SMILES string of the molecule is C/C=C\C1=C[C@H](C)C(C)N1. The van der Waals surface area contributed by atoms with Crippen LogP contribution in [0.3, 0.4) is 0 Å². The van der Waals surface area contributed by atoms with E-state index in [2.05, 4.69) is 37.4 Å². The van der Waals surface area contributed by atoms with Gasteiger partial charge in [-0.25, -0.2) is 0 Å². The second kappa shape index (κ2) is 2.91. The van der Waals surface area contributed by atoms with Crippen LogP contribution in [0.2, 0.25) is 0 Å². The van der Waals surface area contributed by atoms with E-state index in [1.165, 1.54) is 5.70 Å². The number of allylic oxidation sites excluding steroid dienone is 2. The lowest BCUT2D eigenvalue weighted by Crippen LogP contribution is -2.22. The van der Waals surface area contributed by atoms with Crippen molar-refractivity contribution in [1.82, 2.24) is 5.32 Å². The molecule has 0 aromatic rings. The first kappa shape index (κ1) is 7.39. The summed E-state index contributed by atoms with van der Waals surface area (Å²) in [4.78, 5) is 0. The lowest BCUT2D eigenvalue weighted by molar-refractivity contribution is 0.551. The van der Waals surface area contributed by atoms with Crippen molar-refractivity contribution < 1.29 is 0 Å². The van der Waals surface area contributed by atoms with Gasteiger partial charge in [0.25, 0.3) is 0 Å². The van der Waals surface area contributed by atoms with Gasteiger partial charge in [-0.2, -0.15) is 0 Å². The van der Waals surface area contributed by atoms with Gasteiger partial charge in [-0.1, -0.05) is 19.1 Å². The summed E-state index contributed by atoms with van der Waals surface area (Å²) >= 11 is 0. The molecule has 0 saturated heterocycles. The highest BCUT2D eigenvalue weighted by Crippen LogP contribution is 2.15. The molecule has 0 aromatic carbocycles. The number of hydrogen-bond donors (Lipinski definition) is 1. The molecule has 1 N–H and O–H groups in total. The fourth-order valence-electron chi connectivity index (χ4n) is 1.15. The molecule has 0 aromatic heterocycles. The van der Waals surface area contributed by atoms with Gasteiger partial charge in [0.15, 0.2) is 0 Å². The van der Waals surface area contributed by atoms with Crippen LogP contribution in [0.25, 0.3) is 0 Å². The van der Waals surface area contributed by atoms with Crippen molar-refractivity contribution in [2.24, 2.45) is 5.92 Å². The molecule has 0 saturated carbocycles. The Morgan fingerprint density at radius 3 is 2.60 bits per heavy atom. The van der Waals surface area contributed by atoms with Crippen LogP contribution >= 0.6 is 0 Å². The molecular weight excluding hydrogens is 122 g/mol. The topological polar surface area (TPSA) is 12.0 Å². The van der Waals surface area contributed by atoms with Crippen LogP contribution in [0.4, 0.5) is 0 Å². The second-order valence-electron chi connectivity index (χ2n) is 2.91. The van der Waals surface area contributed by atoms with Gasteiger partial charge in [0.1, 0.15) is 0 Å². The highest BCUT2D eigenvalue weighted by molar-refractivity contribution is 5.23. The molecule has 1 nitrogen and oxygen atoms in total. The Kier molecular flexibility index (Phi) is 2.15. The summed E-state index contributed by atoms with van der Waals surface area (Å²) in [6.45, 7) is 6.47. The first-order chi connectivity index (χ1) is 4.74. The average Bonchev–Trinajstić information content (AvgIpc) is 2.14. The maximum Gasteiger partial charge on any atom is 0.0302 e. The minimum Gasteiger partial charge on any atom is -0.382 e. The van der Waals surface area contributed by atoms with E-state index in [4.69, 9.17) is 0 Å². The van der Waals surface area contributed by atoms with Gasteiger partial charge < -0.3 is 5.32 Å². The van der Waals surface area contributed by atoms with Crippen molar-refractivity contribution in [1.29, 1.82) is 0 Å². The van der Waals surface area contributed by atoms with E-state index >= 15 is 0 Å². The minimum atomic E-state index is 0.603. The van der Waals surface area contributed by atoms with Crippen LogP contribution in [0.15, 0.2) is 23.9 Å². The van der Waals surface area contributed by atoms with Crippen LogP contribution in [0.5, 0.6) is 0 Å². The summed E-state index contributed by atoms with van der Waals surface area (Å²) in [7, 11) is 0. The lowest BCUT2D eigenvalue weighted by Gasteiger charge is -2.08. The molecular formula is C9H15N. The number of hydrogen-bond acceptors (Lipinski definition) is 1. The summed E-state index contributed by atoms with van der Waals surface area (Å²) in [6, 6.07) is 0.603. The van der Waals surface area contributed by atoms with Gasteiger partial charge in [0, 0.05) is 11.7 Å². The lowest BCUT2D eigenvalue weighted by atomic mass is 10.1. The van der Waals surface area contributed by atoms with Gasteiger partial charge in [-0.05, 0) is 25.8 Å². The largest absolute Gasteiger partial charge is 0.382 e. The van der Waals surface area contributed by atoms with Crippen LogP contribution < -0.4 is 5.32 Å². The molecule has 2 atom stereocenters. The molecule has 1 aliphatic rings. The van der Waals surface area contributed by atoms with Gasteiger partial charge >= 0.3 is 0 Å². The van der Waals surface area contributed by atoms with Crippen LogP contribution in [-0.2, 0) is 0 Å². The zero-order chi connectivity index (χ0) is 7.56. The number of nitrogens with one attached hydrogen (secondary N) is 1. The molecule has 1 heteroatoms. The standard InChI is InChI=1S/C9H15N/c1-4-5-9-6-7(2)8(3)10-9/h4-8,10H,1-3H3/b5-4-/t7-,8?/m0/s1. The summed E-state index contributed by atoms with van der Waals surface area (Å²) in [6.07, 6.45) is 6.44. The quantitative estimate of drug-likeness (QED) is 0.583. The minimum absolute atomic E-state index is 0.603. The first-order valence-corrected chi connectivity index (χ1v) is 3.85. The van der Waals surface area contributed by atoms with Crippen LogP contribution in [-0.4, -0.2) is 6.04 Å². The predicted molar refractivity (Wildman–Crippen MR) is 44.7 cm³/mol. The maximum absolute atomic E-state index is 3.38. The third kappa shape index (κ3) is 1.41. The molecule has 0 aliphatic carbocycles. The zero-order valence-corrected chi connectivity index (χ0v) is 6.89. The average molecular weight is 137 g/mol.